The fourth-order valence-electron chi connectivity index (χ4n) is 3.88. The van der Waals surface area contributed by atoms with Crippen LogP contribution in [0.5, 0.6) is 5.75 Å². The van der Waals surface area contributed by atoms with Gasteiger partial charge in [-0.05, 0) is 60.2 Å². The third-order valence-corrected chi connectivity index (χ3v) is 6.81. The molecule has 1 aliphatic rings. The van der Waals surface area contributed by atoms with Crippen LogP contribution in [0.3, 0.4) is 0 Å². The predicted octanol–water partition coefficient (Wildman–Crippen LogP) is 5.72. The highest BCUT2D eigenvalue weighted by Gasteiger charge is 2.48. The maximum Gasteiger partial charge on any atom is 0.301 e. The van der Waals surface area contributed by atoms with Crippen LogP contribution in [0.25, 0.3) is 16.0 Å². The van der Waals surface area contributed by atoms with Gasteiger partial charge >= 0.3 is 5.91 Å². The molecule has 3 aromatic carbocycles. The topological polar surface area (TPSA) is 79.7 Å². The number of halogens is 2. The molecule has 1 aromatic heterocycles. The number of Topliss-reactive ketones (excluding diaryl/α,β-unsaturated/α-hetero) is 1. The molecule has 0 saturated carbocycles. The molecule has 0 radical (unpaired) electrons. The minimum absolute atomic E-state index is 0.115. The Kier molecular flexibility index (Phi) is 5.55. The minimum Gasteiger partial charge on any atom is -0.507 e. The van der Waals surface area contributed by atoms with Gasteiger partial charge in [-0.1, -0.05) is 35.1 Å². The molecular formula is C25H16ClFN2O4S. The standard InChI is InChI=1S/C25H16ClFN2O4S/c1-33-17-10-11-18-19(12-17)34-25(28-18)29-21(13-2-6-15(26)7-3-13)20(23(31)24(29)32)22(30)14-4-8-16(27)9-5-14/h2-12,21,30H,1H3/t21-/m0/s1. The maximum absolute atomic E-state index is 13.4. The molecule has 1 N–H and O–H groups in total. The zero-order chi connectivity index (χ0) is 24.0. The monoisotopic (exact) mass is 494 g/mol. The Bertz CT molecular complexity index is 1460. The number of aromatic nitrogens is 1. The fourth-order valence-corrected chi connectivity index (χ4v) is 5.02. The number of aliphatic hydroxyl groups excluding tert-OH is 1. The van der Waals surface area contributed by atoms with Crippen molar-refractivity contribution in [2.45, 2.75) is 6.04 Å². The number of rotatable bonds is 4. The van der Waals surface area contributed by atoms with Crippen LogP contribution >= 0.6 is 22.9 Å². The van der Waals surface area contributed by atoms with Crippen LogP contribution < -0.4 is 9.64 Å². The van der Waals surface area contributed by atoms with Crippen molar-refractivity contribution in [3.63, 3.8) is 0 Å². The first-order chi connectivity index (χ1) is 16.4. The number of anilines is 1. The van der Waals surface area contributed by atoms with Crippen molar-refractivity contribution >= 4 is 55.7 Å². The van der Waals surface area contributed by atoms with Gasteiger partial charge in [-0.15, -0.1) is 0 Å². The van der Waals surface area contributed by atoms with Gasteiger partial charge in [0.25, 0.3) is 5.78 Å². The molecule has 0 unspecified atom stereocenters. The lowest BCUT2D eigenvalue weighted by Gasteiger charge is -2.23. The maximum atomic E-state index is 13.4. The number of amides is 1. The molecule has 9 heteroatoms. The van der Waals surface area contributed by atoms with Crippen molar-refractivity contribution in [1.29, 1.82) is 0 Å². The minimum atomic E-state index is -0.954. The molecule has 170 valence electrons. The molecule has 5 rings (SSSR count). The highest BCUT2D eigenvalue weighted by molar-refractivity contribution is 7.22. The number of thiazole rings is 1. The van der Waals surface area contributed by atoms with Crippen LogP contribution in [-0.2, 0) is 9.59 Å². The zero-order valence-electron chi connectivity index (χ0n) is 17.7. The van der Waals surface area contributed by atoms with Gasteiger partial charge in [0, 0.05) is 10.6 Å². The number of fused-ring (bicyclic) bond motifs is 1. The van der Waals surface area contributed by atoms with E-state index in [9.17, 15) is 19.1 Å². The number of carbonyl (C=O) groups is 2. The zero-order valence-corrected chi connectivity index (χ0v) is 19.2. The number of carbonyl (C=O) groups excluding carboxylic acids is 2. The highest BCUT2D eigenvalue weighted by atomic mass is 35.5. The average molecular weight is 495 g/mol. The molecule has 1 aliphatic heterocycles. The van der Waals surface area contributed by atoms with E-state index in [0.717, 1.165) is 4.70 Å². The largest absolute Gasteiger partial charge is 0.507 e. The number of benzene rings is 3. The first-order valence-electron chi connectivity index (χ1n) is 10.1. The molecule has 1 saturated heterocycles. The molecule has 0 bridgehead atoms. The Morgan fingerprint density at radius 1 is 1.09 bits per heavy atom. The SMILES string of the molecule is COc1ccc2nc(N3C(=O)C(=O)C(=C(O)c4ccc(F)cc4)[C@@H]3c3ccc(Cl)cc3)sc2c1. The van der Waals surface area contributed by atoms with Crippen molar-refractivity contribution < 1.29 is 23.8 Å². The molecule has 6 nitrogen and oxygen atoms in total. The predicted molar refractivity (Wildman–Crippen MR) is 129 cm³/mol. The van der Waals surface area contributed by atoms with Crippen LogP contribution in [0.2, 0.25) is 5.02 Å². The van der Waals surface area contributed by atoms with Crippen molar-refractivity contribution in [3.05, 3.63) is 94.3 Å². The number of hydrogen-bond acceptors (Lipinski definition) is 6. The van der Waals surface area contributed by atoms with E-state index in [1.165, 1.54) is 40.5 Å². The van der Waals surface area contributed by atoms with Crippen LogP contribution in [0.1, 0.15) is 17.2 Å². The van der Waals surface area contributed by atoms with Crippen LogP contribution in [-0.4, -0.2) is 28.9 Å². The van der Waals surface area contributed by atoms with E-state index in [1.54, 1.807) is 49.6 Å². The quantitative estimate of drug-likeness (QED) is 0.223. The van der Waals surface area contributed by atoms with E-state index >= 15 is 0 Å². The summed E-state index contributed by atoms with van der Waals surface area (Å²) in [6.45, 7) is 0. The van der Waals surface area contributed by atoms with Crippen molar-refractivity contribution in [2.75, 3.05) is 12.0 Å². The van der Waals surface area contributed by atoms with Gasteiger partial charge in [0.15, 0.2) is 5.13 Å². The second kappa shape index (κ2) is 8.55. The molecule has 1 fully saturated rings. The second-order valence-electron chi connectivity index (χ2n) is 7.56. The number of ketones is 1. The molecule has 2 heterocycles. The smallest absolute Gasteiger partial charge is 0.301 e. The molecule has 4 aromatic rings. The van der Waals surface area contributed by atoms with E-state index in [2.05, 4.69) is 4.98 Å². The van der Waals surface area contributed by atoms with E-state index in [-0.39, 0.29) is 11.1 Å². The summed E-state index contributed by atoms with van der Waals surface area (Å²) in [5, 5.41) is 11.8. The summed E-state index contributed by atoms with van der Waals surface area (Å²) in [7, 11) is 1.55. The Morgan fingerprint density at radius 3 is 2.47 bits per heavy atom. The molecule has 1 amide bonds. The first kappa shape index (κ1) is 22.1. The van der Waals surface area contributed by atoms with Crippen molar-refractivity contribution in [3.8, 4) is 5.75 Å². The van der Waals surface area contributed by atoms with Gasteiger partial charge in [-0.25, -0.2) is 9.37 Å². The Balaban J connectivity index is 1.71. The summed E-state index contributed by atoms with van der Waals surface area (Å²) in [6.07, 6.45) is 0. The highest BCUT2D eigenvalue weighted by Crippen LogP contribution is 2.44. The summed E-state index contributed by atoms with van der Waals surface area (Å²) in [5.74, 6) is -1.94. The molecule has 1 atom stereocenters. The number of ether oxygens (including phenoxy) is 1. The van der Waals surface area contributed by atoms with Gasteiger partial charge < -0.3 is 9.84 Å². The fraction of sp³-hybridized carbons (Fsp3) is 0.0800. The van der Waals surface area contributed by atoms with Crippen LogP contribution in [0.4, 0.5) is 9.52 Å². The molecular weight excluding hydrogens is 479 g/mol. The number of hydrogen-bond donors (Lipinski definition) is 1. The lowest BCUT2D eigenvalue weighted by molar-refractivity contribution is -0.132. The van der Waals surface area contributed by atoms with Gasteiger partial charge in [0.05, 0.1) is 28.9 Å². The van der Waals surface area contributed by atoms with Gasteiger partial charge in [0.2, 0.25) is 0 Å². The van der Waals surface area contributed by atoms with E-state index < -0.39 is 29.3 Å². The Hall–Kier alpha value is -3.75. The van der Waals surface area contributed by atoms with Crippen molar-refractivity contribution in [1.82, 2.24) is 4.98 Å². The van der Waals surface area contributed by atoms with Crippen molar-refractivity contribution in [2.24, 2.45) is 0 Å². The Labute approximate surface area is 202 Å². The van der Waals surface area contributed by atoms with E-state index in [0.29, 0.717) is 27.0 Å². The third kappa shape index (κ3) is 3.70. The van der Waals surface area contributed by atoms with E-state index in [4.69, 9.17) is 16.3 Å². The average Bonchev–Trinajstić information content (AvgIpc) is 3.37. The lowest BCUT2D eigenvalue weighted by atomic mass is 9.95. The van der Waals surface area contributed by atoms with Crippen LogP contribution in [0.15, 0.2) is 72.3 Å². The summed E-state index contributed by atoms with van der Waals surface area (Å²) in [6, 6.07) is 16.0. The number of nitrogens with zero attached hydrogens (tertiary/aromatic N) is 2. The summed E-state index contributed by atoms with van der Waals surface area (Å²) in [4.78, 5) is 32.3. The van der Waals surface area contributed by atoms with Gasteiger partial charge in [-0.2, -0.15) is 0 Å². The third-order valence-electron chi connectivity index (χ3n) is 5.54. The van der Waals surface area contributed by atoms with Gasteiger partial charge in [-0.3, -0.25) is 14.5 Å². The van der Waals surface area contributed by atoms with E-state index in [1.807, 2.05) is 0 Å². The molecule has 0 spiro atoms. The summed E-state index contributed by atoms with van der Waals surface area (Å²) in [5.41, 5.74) is 1.29. The molecule has 34 heavy (non-hydrogen) atoms. The first-order valence-corrected chi connectivity index (χ1v) is 11.3. The normalized spacial score (nSPS) is 17.5. The summed E-state index contributed by atoms with van der Waals surface area (Å²) >= 11 is 7.28. The van der Waals surface area contributed by atoms with Gasteiger partial charge in [0.1, 0.15) is 17.3 Å². The lowest BCUT2D eigenvalue weighted by Crippen LogP contribution is -2.29. The second-order valence-corrected chi connectivity index (χ2v) is 9.00. The summed E-state index contributed by atoms with van der Waals surface area (Å²) < 4.78 is 19.5. The number of aliphatic hydroxyl groups is 1. The number of methoxy groups -OCH3 is 1. The van der Waals surface area contributed by atoms with Crippen LogP contribution in [0, 0.1) is 5.82 Å². The Morgan fingerprint density at radius 2 is 1.79 bits per heavy atom. The molecule has 0 aliphatic carbocycles.